The molecule has 0 saturated carbocycles. The Morgan fingerprint density at radius 1 is 1.36 bits per heavy atom. The van der Waals surface area contributed by atoms with Gasteiger partial charge in [-0.15, -0.1) is 0 Å². The number of rotatable bonds is 0. The molecule has 0 aliphatic carbocycles. The van der Waals surface area contributed by atoms with Gasteiger partial charge in [-0.05, 0) is 6.92 Å². The number of pyridine rings is 1. The van der Waals surface area contributed by atoms with Crippen molar-refractivity contribution < 1.29 is 15.4 Å². The summed E-state index contributed by atoms with van der Waals surface area (Å²) in [6.45, 7) is 1.45. The molecule has 0 aromatic carbocycles. The first-order valence-electron chi connectivity index (χ1n) is 2.87. The van der Waals surface area contributed by atoms with Crippen LogP contribution in [0, 0.1) is 6.92 Å². The van der Waals surface area contributed by atoms with Gasteiger partial charge in [-0.25, -0.2) is 0 Å². The van der Waals surface area contributed by atoms with Crippen LogP contribution in [0.15, 0.2) is 11.0 Å². The molecule has 0 radical (unpaired) electrons. The van der Waals surface area contributed by atoms with Crippen LogP contribution in [-0.4, -0.2) is 20.2 Å². The third-order valence-electron chi connectivity index (χ3n) is 1.32. The molecule has 0 aliphatic rings. The Balaban J connectivity index is 3.59. The van der Waals surface area contributed by atoms with Crippen molar-refractivity contribution >= 4 is 0 Å². The van der Waals surface area contributed by atoms with Crippen LogP contribution in [0.3, 0.4) is 0 Å². The fourth-order valence-corrected chi connectivity index (χ4v) is 0.700. The molecule has 1 aromatic rings. The largest absolute Gasteiger partial charge is 0.504 e. The highest BCUT2D eigenvalue weighted by Gasteiger charge is 2.09. The molecular weight excluding hydrogens is 150 g/mol. The molecule has 11 heavy (non-hydrogen) atoms. The first-order chi connectivity index (χ1) is 5.04. The summed E-state index contributed by atoms with van der Waals surface area (Å²) >= 11 is 0. The van der Waals surface area contributed by atoms with E-state index in [9.17, 15) is 4.79 Å². The van der Waals surface area contributed by atoms with Gasteiger partial charge in [-0.1, -0.05) is 0 Å². The summed E-state index contributed by atoms with van der Waals surface area (Å²) in [5.74, 6) is -1.34. The van der Waals surface area contributed by atoms with Crippen LogP contribution in [0.1, 0.15) is 5.56 Å². The van der Waals surface area contributed by atoms with Crippen LogP contribution in [0.2, 0.25) is 0 Å². The summed E-state index contributed by atoms with van der Waals surface area (Å²) < 4.78 is 0.213. The minimum Gasteiger partial charge on any atom is -0.504 e. The van der Waals surface area contributed by atoms with E-state index in [1.165, 1.54) is 6.92 Å². The third kappa shape index (κ3) is 1.000. The van der Waals surface area contributed by atoms with Gasteiger partial charge in [0.15, 0.2) is 5.75 Å². The summed E-state index contributed by atoms with van der Waals surface area (Å²) in [5, 5.41) is 26.5. The van der Waals surface area contributed by atoms with Crippen LogP contribution in [0.25, 0.3) is 0 Å². The monoisotopic (exact) mass is 157 g/mol. The Bertz CT molecular complexity index is 341. The molecule has 0 amide bonds. The molecule has 1 heterocycles. The van der Waals surface area contributed by atoms with Gasteiger partial charge in [0.25, 0.3) is 0 Å². The van der Waals surface area contributed by atoms with Crippen LogP contribution in [-0.2, 0) is 0 Å². The summed E-state index contributed by atoms with van der Waals surface area (Å²) in [5.41, 5.74) is -0.808. The molecule has 5 heteroatoms. The van der Waals surface area contributed by atoms with Gasteiger partial charge < -0.3 is 15.4 Å². The molecule has 0 fully saturated rings. The molecule has 3 N–H and O–H groups in total. The average Bonchev–Trinajstić information content (AvgIpc) is 1.97. The molecule has 0 saturated heterocycles. The van der Waals surface area contributed by atoms with Gasteiger partial charge in [0.05, 0.1) is 6.20 Å². The quantitative estimate of drug-likeness (QED) is 0.455. The molecule has 0 bridgehead atoms. The van der Waals surface area contributed by atoms with Crippen molar-refractivity contribution in [1.82, 2.24) is 4.73 Å². The highest BCUT2D eigenvalue weighted by molar-refractivity contribution is 5.40. The topological polar surface area (TPSA) is 82.7 Å². The van der Waals surface area contributed by atoms with E-state index in [4.69, 9.17) is 15.4 Å². The maximum atomic E-state index is 10.6. The van der Waals surface area contributed by atoms with Crippen LogP contribution in [0.5, 0.6) is 11.5 Å². The van der Waals surface area contributed by atoms with Crippen molar-refractivity contribution in [1.29, 1.82) is 0 Å². The normalized spacial score (nSPS) is 9.91. The first-order valence-corrected chi connectivity index (χ1v) is 2.87. The number of aryl methyl sites for hydroxylation is 1. The first kappa shape index (κ1) is 7.46. The number of aromatic nitrogens is 1. The molecule has 0 aliphatic heterocycles. The molecule has 0 spiro atoms. The maximum Gasteiger partial charge on any atom is 0.328 e. The van der Waals surface area contributed by atoms with E-state index in [0.717, 1.165) is 6.20 Å². The van der Waals surface area contributed by atoms with E-state index in [-0.39, 0.29) is 10.3 Å². The lowest BCUT2D eigenvalue weighted by Gasteiger charge is -2.01. The number of hydrogen-bond acceptors (Lipinski definition) is 4. The lowest BCUT2D eigenvalue weighted by molar-refractivity contribution is 0.168. The van der Waals surface area contributed by atoms with E-state index in [1.54, 1.807) is 0 Å². The van der Waals surface area contributed by atoms with Gasteiger partial charge in [-0.3, -0.25) is 4.79 Å². The second-order valence-corrected chi connectivity index (χ2v) is 2.16. The molecule has 0 unspecified atom stereocenters. The van der Waals surface area contributed by atoms with Crippen molar-refractivity contribution in [3.8, 4) is 11.5 Å². The second kappa shape index (κ2) is 2.19. The molecule has 1 rings (SSSR count). The third-order valence-corrected chi connectivity index (χ3v) is 1.32. The standard InChI is InChI=1S/C6H7NO4/c1-3-2-7(11)6(10)5(9)4(3)8/h2,8-9,11H,1H3. The summed E-state index contributed by atoms with van der Waals surface area (Å²) in [6.07, 6.45) is 1.01. The lowest BCUT2D eigenvalue weighted by Crippen LogP contribution is -2.16. The Labute approximate surface area is 61.7 Å². The van der Waals surface area contributed by atoms with Gasteiger partial charge in [0.1, 0.15) is 0 Å². The highest BCUT2D eigenvalue weighted by atomic mass is 16.5. The van der Waals surface area contributed by atoms with E-state index in [1.807, 2.05) is 0 Å². The molecule has 60 valence electrons. The fourth-order valence-electron chi connectivity index (χ4n) is 0.700. The van der Waals surface area contributed by atoms with Gasteiger partial charge in [0, 0.05) is 5.56 Å². The zero-order valence-corrected chi connectivity index (χ0v) is 5.77. The number of nitrogens with zero attached hydrogens (tertiary/aromatic N) is 1. The molecule has 5 nitrogen and oxygen atoms in total. The van der Waals surface area contributed by atoms with Crippen molar-refractivity contribution in [3.05, 3.63) is 22.1 Å². The highest BCUT2D eigenvalue weighted by Crippen LogP contribution is 2.22. The lowest BCUT2D eigenvalue weighted by atomic mass is 10.3. The van der Waals surface area contributed by atoms with Crippen LogP contribution < -0.4 is 5.56 Å². The Morgan fingerprint density at radius 2 is 1.91 bits per heavy atom. The summed E-state index contributed by atoms with van der Waals surface area (Å²) in [4.78, 5) is 10.6. The number of hydrogen-bond donors (Lipinski definition) is 3. The van der Waals surface area contributed by atoms with Crippen LogP contribution >= 0.6 is 0 Å². The maximum absolute atomic E-state index is 10.6. The average molecular weight is 157 g/mol. The van der Waals surface area contributed by atoms with Crippen molar-refractivity contribution in [3.63, 3.8) is 0 Å². The predicted molar refractivity (Wildman–Crippen MR) is 36.0 cm³/mol. The van der Waals surface area contributed by atoms with Gasteiger partial charge in [0.2, 0.25) is 5.75 Å². The molecular formula is C6H7NO4. The number of aromatic hydroxyl groups is 2. The van der Waals surface area contributed by atoms with Crippen molar-refractivity contribution in [2.45, 2.75) is 6.92 Å². The minimum absolute atomic E-state index is 0.213. The van der Waals surface area contributed by atoms with Crippen molar-refractivity contribution in [2.24, 2.45) is 0 Å². The second-order valence-electron chi connectivity index (χ2n) is 2.16. The van der Waals surface area contributed by atoms with E-state index in [2.05, 4.69) is 0 Å². The Kier molecular flexibility index (Phi) is 1.48. The zero-order chi connectivity index (χ0) is 8.59. The fraction of sp³-hybridized carbons (Fsp3) is 0.167. The smallest absolute Gasteiger partial charge is 0.328 e. The SMILES string of the molecule is Cc1cn(O)c(=O)c(O)c1O. The van der Waals surface area contributed by atoms with E-state index in [0.29, 0.717) is 0 Å². The van der Waals surface area contributed by atoms with E-state index >= 15 is 0 Å². The molecule has 1 aromatic heterocycles. The summed E-state index contributed by atoms with van der Waals surface area (Å²) in [7, 11) is 0. The summed E-state index contributed by atoms with van der Waals surface area (Å²) in [6, 6.07) is 0. The molecule has 0 atom stereocenters. The van der Waals surface area contributed by atoms with E-state index < -0.39 is 17.1 Å². The zero-order valence-electron chi connectivity index (χ0n) is 5.77. The minimum atomic E-state index is -1.03. The predicted octanol–water partition coefficient (Wildman–Crippen LogP) is -0.195. The van der Waals surface area contributed by atoms with Gasteiger partial charge >= 0.3 is 5.56 Å². The Hall–Kier alpha value is -1.65. The van der Waals surface area contributed by atoms with Crippen LogP contribution in [0.4, 0.5) is 0 Å². The Morgan fingerprint density at radius 3 is 2.45 bits per heavy atom. The van der Waals surface area contributed by atoms with Crippen molar-refractivity contribution in [2.75, 3.05) is 0 Å². The van der Waals surface area contributed by atoms with Gasteiger partial charge in [-0.2, -0.15) is 4.73 Å².